The zero-order valence-corrected chi connectivity index (χ0v) is 23.1. The van der Waals surface area contributed by atoms with Gasteiger partial charge in [0.25, 0.3) is 0 Å². The van der Waals surface area contributed by atoms with Gasteiger partial charge in [0, 0.05) is 16.4 Å². The molecule has 0 spiro atoms. The summed E-state index contributed by atoms with van der Waals surface area (Å²) in [6.07, 6.45) is 0.396. The number of nitrogens with zero attached hydrogens (tertiary/aromatic N) is 6. The average Bonchev–Trinajstić information content (AvgIpc) is 3.67. The molecule has 222 valence electrons. The molecule has 6 rings (SSSR count). The second-order valence-electron chi connectivity index (χ2n) is 10.5. The number of aliphatic hydroxyl groups is 4. The first-order chi connectivity index (χ1) is 20.4. The smallest absolute Gasteiger partial charge is 0.132 e. The maximum absolute atomic E-state index is 14.3. The lowest BCUT2D eigenvalue weighted by Crippen LogP contribution is -2.55. The van der Waals surface area contributed by atoms with Crippen molar-refractivity contribution >= 4 is 11.8 Å². The molecule has 2 aromatic carbocycles. The Balaban J connectivity index is 1.20. The van der Waals surface area contributed by atoms with Crippen LogP contribution in [-0.4, -0.2) is 92.1 Å². The Morgan fingerprint density at radius 1 is 0.810 bits per heavy atom. The molecule has 42 heavy (non-hydrogen) atoms. The van der Waals surface area contributed by atoms with Gasteiger partial charge in [0.05, 0.1) is 31.1 Å². The van der Waals surface area contributed by atoms with Crippen LogP contribution in [0.3, 0.4) is 0 Å². The number of hydrogen-bond acceptors (Lipinski definition) is 10. The summed E-state index contributed by atoms with van der Waals surface area (Å²) >= 11 is 1.20. The molecule has 11 nitrogen and oxygen atoms in total. The molecule has 1 aliphatic carbocycles. The number of ether oxygens (including phenoxy) is 1. The number of thioether (sulfide) groups is 1. The molecule has 14 heteroatoms. The fraction of sp³-hybridized carbons (Fsp3) is 0.429. The van der Waals surface area contributed by atoms with Crippen molar-refractivity contribution in [3.05, 3.63) is 72.6 Å². The second kappa shape index (κ2) is 12.1. The van der Waals surface area contributed by atoms with E-state index in [0.717, 1.165) is 6.42 Å². The van der Waals surface area contributed by atoms with Crippen LogP contribution in [0.2, 0.25) is 0 Å². The van der Waals surface area contributed by atoms with Gasteiger partial charge in [-0.25, -0.2) is 18.1 Å². The third kappa shape index (κ3) is 5.45. The van der Waals surface area contributed by atoms with Crippen LogP contribution in [0.4, 0.5) is 8.78 Å². The molecular formula is C28H30F2N6O5S. The van der Waals surface area contributed by atoms with Crippen LogP contribution in [0.15, 0.2) is 60.9 Å². The van der Waals surface area contributed by atoms with Gasteiger partial charge in [-0.2, -0.15) is 0 Å². The lowest BCUT2D eigenvalue weighted by atomic mass is 9.92. The molecule has 1 aliphatic heterocycles. The molecule has 3 heterocycles. The van der Waals surface area contributed by atoms with Crippen molar-refractivity contribution in [1.29, 1.82) is 0 Å². The van der Waals surface area contributed by atoms with Crippen LogP contribution in [-0.2, 0) is 4.74 Å². The lowest BCUT2D eigenvalue weighted by Gasteiger charge is -2.44. The fourth-order valence-corrected chi connectivity index (χ4v) is 7.18. The van der Waals surface area contributed by atoms with E-state index in [1.54, 1.807) is 47.3 Å². The molecule has 2 fully saturated rings. The predicted octanol–water partition coefficient (Wildman–Crippen LogP) is 2.35. The van der Waals surface area contributed by atoms with Gasteiger partial charge in [-0.05, 0) is 37.1 Å². The minimum Gasteiger partial charge on any atom is -0.394 e. The minimum absolute atomic E-state index is 0.215. The zero-order valence-electron chi connectivity index (χ0n) is 22.3. The molecule has 1 saturated heterocycles. The van der Waals surface area contributed by atoms with E-state index in [2.05, 4.69) is 20.6 Å². The maximum atomic E-state index is 14.3. The second-order valence-corrected chi connectivity index (χ2v) is 11.8. The molecule has 1 saturated carbocycles. The normalized spacial score (nSPS) is 30.0. The molecule has 2 aromatic heterocycles. The largest absolute Gasteiger partial charge is 0.394 e. The van der Waals surface area contributed by atoms with Crippen LogP contribution < -0.4 is 0 Å². The van der Waals surface area contributed by atoms with E-state index in [-0.39, 0.29) is 11.3 Å². The Labute approximate surface area is 243 Å². The molecule has 2 aliphatic rings. The average molecular weight is 601 g/mol. The van der Waals surface area contributed by atoms with E-state index in [0.29, 0.717) is 24.1 Å². The summed E-state index contributed by atoms with van der Waals surface area (Å²) in [5, 5.41) is 59.6. The number of halogens is 2. The molecule has 4 aromatic rings. The summed E-state index contributed by atoms with van der Waals surface area (Å²) in [6.45, 7) is -0.524. The van der Waals surface area contributed by atoms with Crippen molar-refractivity contribution in [3.8, 4) is 22.5 Å². The predicted molar refractivity (Wildman–Crippen MR) is 148 cm³/mol. The van der Waals surface area contributed by atoms with Crippen molar-refractivity contribution < 1.29 is 33.9 Å². The van der Waals surface area contributed by atoms with Crippen LogP contribution in [0.5, 0.6) is 0 Å². The van der Waals surface area contributed by atoms with Crippen LogP contribution >= 0.6 is 11.8 Å². The summed E-state index contributed by atoms with van der Waals surface area (Å²) in [4.78, 5) is 0. The van der Waals surface area contributed by atoms with Crippen molar-refractivity contribution in [2.75, 3.05) is 6.61 Å². The Morgan fingerprint density at radius 2 is 1.40 bits per heavy atom. The Bertz CT molecular complexity index is 1520. The van der Waals surface area contributed by atoms with E-state index in [9.17, 15) is 29.2 Å². The first kappa shape index (κ1) is 28.8. The summed E-state index contributed by atoms with van der Waals surface area (Å²) in [5.74, 6) is -0.914. The molecule has 4 N–H and O–H groups in total. The molecule has 0 radical (unpaired) electrons. The van der Waals surface area contributed by atoms with Crippen LogP contribution in [0.25, 0.3) is 22.5 Å². The van der Waals surface area contributed by atoms with Gasteiger partial charge in [-0.15, -0.1) is 22.0 Å². The van der Waals surface area contributed by atoms with Gasteiger partial charge >= 0.3 is 0 Å². The van der Waals surface area contributed by atoms with Crippen molar-refractivity contribution in [3.63, 3.8) is 0 Å². The first-order valence-corrected chi connectivity index (χ1v) is 14.6. The number of rotatable bonds is 7. The third-order valence-corrected chi connectivity index (χ3v) is 9.41. The summed E-state index contributed by atoms with van der Waals surface area (Å²) in [6, 6.07) is 10.8. The quantitative estimate of drug-likeness (QED) is 0.249. The number of aromatic nitrogens is 6. The lowest BCUT2D eigenvalue weighted by molar-refractivity contribution is -0.178. The van der Waals surface area contributed by atoms with Gasteiger partial charge in [-0.3, -0.25) is 0 Å². The molecule has 4 unspecified atom stereocenters. The van der Waals surface area contributed by atoms with Gasteiger partial charge in [0.2, 0.25) is 0 Å². The van der Waals surface area contributed by atoms with Crippen molar-refractivity contribution in [2.24, 2.45) is 0 Å². The highest BCUT2D eigenvalue weighted by Gasteiger charge is 2.48. The third-order valence-electron chi connectivity index (χ3n) is 7.89. The summed E-state index contributed by atoms with van der Waals surface area (Å²) in [7, 11) is 0. The Kier molecular flexibility index (Phi) is 8.34. The van der Waals surface area contributed by atoms with E-state index < -0.39 is 65.4 Å². The van der Waals surface area contributed by atoms with Crippen LogP contribution in [0, 0.1) is 11.6 Å². The van der Waals surface area contributed by atoms with Gasteiger partial charge in [0.1, 0.15) is 52.8 Å². The number of benzene rings is 2. The Morgan fingerprint density at radius 3 is 2.02 bits per heavy atom. The monoisotopic (exact) mass is 600 g/mol. The van der Waals surface area contributed by atoms with E-state index in [4.69, 9.17) is 4.74 Å². The highest BCUT2D eigenvalue weighted by molar-refractivity contribution is 8.00. The Hall–Kier alpha value is -3.27. The molecule has 0 bridgehead atoms. The fourth-order valence-electron chi connectivity index (χ4n) is 5.67. The van der Waals surface area contributed by atoms with E-state index in [1.165, 1.54) is 34.8 Å². The molecule has 8 atom stereocenters. The van der Waals surface area contributed by atoms with Crippen molar-refractivity contribution in [2.45, 2.75) is 66.4 Å². The maximum Gasteiger partial charge on any atom is 0.132 e. The summed E-state index contributed by atoms with van der Waals surface area (Å²) in [5.41, 5.74) is 0.152. The number of aliphatic hydroxyl groups excluding tert-OH is 4. The van der Waals surface area contributed by atoms with Gasteiger partial charge in [-0.1, -0.05) is 41.1 Å². The minimum atomic E-state index is -1.34. The highest BCUT2D eigenvalue weighted by Crippen LogP contribution is 2.42. The van der Waals surface area contributed by atoms with E-state index >= 15 is 0 Å². The summed E-state index contributed by atoms with van der Waals surface area (Å²) < 4.78 is 37.3. The van der Waals surface area contributed by atoms with E-state index in [1.807, 2.05) is 0 Å². The zero-order chi connectivity index (χ0) is 29.4. The van der Waals surface area contributed by atoms with Crippen molar-refractivity contribution in [1.82, 2.24) is 30.0 Å². The first-order valence-electron chi connectivity index (χ1n) is 13.6. The van der Waals surface area contributed by atoms with Crippen LogP contribution in [0.1, 0.15) is 31.3 Å². The molecular weight excluding hydrogens is 570 g/mol. The van der Waals surface area contributed by atoms with Gasteiger partial charge in [0.15, 0.2) is 0 Å². The highest BCUT2D eigenvalue weighted by atomic mass is 32.2. The number of hydrogen-bond donors (Lipinski definition) is 4. The molecule has 0 amide bonds. The standard InChI is InChI=1S/C28H30F2N6O5S/c29-17-8-3-1-6-15(17)19-12-35(33-31-19)21-10-5-11-23(25(21)38)42-28-27(40)24(26(39)22(14-37)41-28)36-13-20(32-34-36)16-7-2-4-9-18(16)30/h1-4,6-9,12-13,21-28,37-40H,5,10-11,14H2/t21?,22?,23-,24?,25?,26+,27+,28+/m1/s1. The SMILES string of the molecule is OCC1O[C@@H](S[C@@H]2CCCC(n3cc(-c4ccccc4F)nn3)C2O)[C@@H](O)C(n2cc(-c3ccccc3F)nn2)[C@H]1O. The van der Waals surface area contributed by atoms with Gasteiger partial charge < -0.3 is 25.2 Å². The topological polar surface area (TPSA) is 152 Å².